The molecule has 2 bridgehead atoms. The molecule has 0 N–H and O–H groups in total. The number of phosphoric acid groups is 1. The second kappa shape index (κ2) is 2.28. The molecule has 1 aromatic rings. The molecule has 0 radical (unpaired) electrons. The van der Waals surface area contributed by atoms with Crippen LogP contribution in [0, 0.1) is 0 Å². The number of hydrogen-bond donors (Lipinski definition) is 0. The van der Waals surface area contributed by atoms with Crippen molar-refractivity contribution < 1.29 is 22.9 Å². The quantitative estimate of drug-likeness (QED) is 0.631. The van der Waals surface area contributed by atoms with Crippen LogP contribution in [0.5, 0.6) is 5.75 Å². The van der Waals surface area contributed by atoms with Crippen LogP contribution in [0.4, 0.5) is 0 Å². The summed E-state index contributed by atoms with van der Waals surface area (Å²) in [5.41, 5.74) is 1.01. The van der Waals surface area contributed by atoms with E-state index in [4.69, 9.17) is 18.3 Å². The molecule has 0 aliphatic carbocycles. The van der Waals surface area contributed by atoms with E-state index in [-0.39, 0.29) is 0 Å². The summed E-state index contributed by atoms with van der Waals surface area (Å²) in [4.78, 5) is 0. The van der Waals surface area contributed by atoms with Crippen molar-refractivity contribution in [2.24, 2.45) is 0 Å². The summed E-state index contributed by atoms with van der Waals surface area (Å²) in [7, 11) is -3.27. The Morgan fingerprint density at radius 1 is 1.33 bits per heavy atom. The molecule has 0 amide bonds. The lowest BCUT2D eigenvalue weighted by Gasteiger charge is -2.38. The first kappa shape index (κ1) is 8.30. The zero-order valence-corrected chi connectivity index (χ0v) is 8.48. The molecule has 1 aromatic carbocycles. The molecule has 0 saturated carbocycles. The minimum Gasteiger partial charge on any atom is -0.436 e. The minimum atomic E-state index is -3.27. The predicted octanol–water partition coefficient (Wildman–Crippen LogP) is 1.83. The van der Waals surface area contributed by atoms with Gasteiger partial charge >= 0.3 is 13.8 Å². The van der Waals surface area contributed by atoms with Gasteiger partial charge in [0.25, 0.3) is 0 Å². The molecule has 4 aliphatic heterocycles. The summed E-state index contributed by atoms with van der Waals surface area (Å²) in [5.74, 6) is -0.547. The van der Waals surface area contributed by atoms with Gasteiger partial charge in [0.05, 0.1) is 0 Å². The molecule has 6 heteroatoms. The summed E-state index contributed by atoms with van der Waals surface area (Å²) in [6.07, 6.45) is 0.179. The van der Waals surface area contributed by atoms with E-state index in [2.05, 4.69) is 0 Å². The van der Waals surface area contributed by atoms with Crippen molar-refractivity contribution >= 4 is 7.82 Å². The molecule has 5 rings (SSSR count). The summed E-state index contributed by atoms with van der Waals surface area (Å²) < 4.78 is 32.3. The molecule has 1 atom stereocenters. The van der Waals surface area contributed by atoms with E-state index in [0.717, 1.165) is 5.56 Å². The fourth-order valence-electron chi connectivity index (χ4n) is 2.09. The van der Waals surface area contributed by atoms with Gasteiger partial charge in [0.1, 0.15) is 5.75 Å². The number of rotatable bonds is 0. The van der Waals surface area contributed by atoms with Crippen molar-refractivity contribution in [3.05, 3.63) is 29.8 Å². The molecule has 3 fully saturated rings. The summed E-state index contributed by atoms with van der Waals surface area (Å²) in [6, 6.07) is 7.55. The zero-order valence-electron chi connectivity index (χ0n) is 7.58. The fraction of sp³-hybridized carbons (Fsp3) is 0.333. The van der Waals surface area contributed by atoms with E-state index >= 15 is 0 Å². The van der Waals surface area contributed by atoms with Crippen molar-refractivity contribution in [1.29, 1.82) is 0 Å². The highest BCUT2D eigenvalue weighted by Crippen LogP contribution is 2.75. The van der Waals surface area contributed by atoms with Gasteiger partial charge in [0.2, 0.25) is 0 Å². The highest BCUT2D eigenvalue weighted by atomic mass is 31.2. The van der Waals surface area contributed by atoms with Crippen LogP contribution in [0.1, 0.15) is 5.56 Å². The van der Waals surface area contributed by atoms with Gasteiger partial charge in [-0.25, -0.2) is 13.6 Å². The Balaban J connectivity index is 1.82. The third kappa shape index (κ3) is 0.916. The average Bonchev–Trinajstić information content (AvgIpc) is 2.59. The summed E-state index contributed by atoms with van der Waals surface area (Å²) in [5, 5.41) is 0. The van der Waals surface area contributed by atoms with Gasteiger partial charge in [0.15, 0.2) is 6.10 Å². The first-order valence-electron chi connectivity index (χ1n) is 4.66. The third-order valence-corrected chi connectivity index (χ3v) is 4.23. The minimum absolute atomic E-state index is 0.418. The molecule has 1 unspecified atom stereocenters. The molecule has 0 aromatic heterocycles. The Hall–Kier alpha value is -0.870. The Kier molecular flexibility index (Phi) is 1.26. The van der Waals surface area contributed by atoms with Crippen molar-refractivity contribution in [1.82, 2.24) is 0 Å². The molecule has 78 valence electrons. The first-order valence-corrected chi connectivity index (χ1v) is 6.12. The SMILES string of the molecule is O=P12OC3Cc4ccccc4OC3(O1)O2. The predicted molar refractivity (Wildman–Crippen MR) is 48.2 cm³/mol. The van der Waals surface area contributed by atoms with Crippen LogP contribution < -0.4 is 4.74 Å². The number of phosphoric ester groups is 1. The van der Waals surface area contributed by atoms with E-state index in [9.17, 15) is 4.57 Å². The Morgan fingerprint density at radius 2 is 2.13 bits per heavy atom. The van der Waals surface area contributed by atoms with Crippen LogP contribution in [0.2, 0.25) is 0 Å². The van der Waals surface area contributed by atoms with Gasteiger partial charge in [-0.1, -0.05) is 18.2 Å². The maximum atomic E-state index is 11.4. The summed E-state index contributed by atoms with van der Waals surface area (Å²) in [6.45, 7) is 0. The molecule has 4 heterocycles. The second-order valence-corrected chi connectivity index (χ2v) is 5.21. The molecule has 3 saturated heterocycles. The lowest BCUT2D eigenvalue weighted by molar-refractivity contribution is -0.310. The highest BCUT2D eigenvalue weighted by Gasteiger charge is 2.75. The number of ether oxygens (including phenoxy) is 1. The van der Waals surface area contributed by atoms with Gasteiger partial charge in [-0.05, 0) is 11.6 Å². The topological polar surface area (TPSA) is 54.0 Å². The summed E-state index contributed by atoms with van der Waals surface area (Å²) >= 11 is 0. The first-order chi connectivity index (χ1) is 7.19. The lowest BCUT2D eigenvalue weighted by atomic mass is 10.0. The fourth-order valence-corrected chi connectivity index (χ4v) is 3.64. The number of para-hydroxylation sites is 1. The largest absolute Gasteiger partial charge is 0.486 e. The van der Waals surface area contributed by atoms with Crippen LogP contribution in [0.3, 0.4) is 0 Å². The zero-order chi connectivity index (χ0) is 10.1. The van der Waals surface area contributed by atoms with E-state index in [0.29, 0.717) is 12.2 Å². The third-order valence-electron chi connectivity index (χ3n) is 2.76. The Morgan fingerprint density at radius 3 is 3.00 bits per heavy atom. The Bertz CT molecular complexity index is 481. The van der Waals surface area contributed by atoms with Crippen LogP contribution in [-0.4, -0.2) is 12.1 Å². The van der Waals surface area contributed by atoms with Gasteiger partial charge in [-0.2, -0.15) is 0 Å². The monoisotopic (exact) mass is 226 g/mol. The average molecular weight is 226 g/mol. The number of fused-ring (bicyclic) bond motifs is 1. The maximum absolute atomic E-state index is 11.4. The molecule has 1 spiro atoms. The van der Waals surface area contributed by atoms with Gasteiger partial charge in [0, 0.05) is 6.42 Å². The second-order valence-electron chi connectivity index (χ2n) is 3.74. The van der Waals surface area contributed by atoms with Crippen molar-refractivity contribution in [3.8, 4) is 5.75 Å². The van der Waals surface area contributed by atoms with E-state index in [1.807, 2.05) is 24.3 Å². The number of hydrogen-bond acceptors (Lipinski definition) is 5. The van der Waals surface area contributed by atoms with Gasteiger partial charge in [-0.15, -0.1) is 0 Å². The van der Waals surface area contributed by atoms with E-state index in [1.54, 1.807) is 0 Å². The Labute approximate surface area is 85.5 Å². The van der Waals surface area contributed by atoms with Crippen LogP contribution in [0.25, 0.3) is 0 Å². The molecule has 5 nitrogen and oxygen atoms in total. The normalized spacial score (nSPS) is 44.9. The van der Waals surface area contributed by atoms with Crippen LogP contribution in [0.15, 0.2) is 24.3 Å². The highest BCUT2D eigenvalue weighted by molar-refractivity contribution is 7.50. The number of benzene rings is 1. The standard InChI is InChI=1S/C9H7O5P/c10-15-12-8-5-6-3-1-2-4-7(6)11-9(8,13-15)14-15/h1-4,8H,5H2. The smallest absolute Gasteiger partial charge is 0.436 e. The van der Waals surface area contributed by atoms with Crippen LogP contribution >= 0.6 is 7.82 Å². The molecular weight excluding hydrogens is 219 g/mol. The van der Waals surface area contributed by atoms with Gasteiger partial charge < -0.3 is 4.74 Å². The molecule has 4 aliphatic rings. The van der Waals surface area contributed by atoms with Crippen LogP contribution in [-0.2, 0) is 24.6 Å². The van der Waals surface area contributed by atoms with Crippen molar-refractivity contribution in [2.75, 3.05) is 0 Å². The van der Waals surface area contributed by atoms with Crippen molar-refractivity contribution in [3.63, 3.8) is 0 Å². The maximum Gasteiger partial charge on any atom is 0.486 e. The van der Waals surface area contributed by atoms with Gasteiger partial charge in [-0.3, -0.25) is 4.52 Å². The van der Waals surface area contributed by atoms with Crippen molar-refractivity contribution in [2.45, 2.75) is 18.5 Å². The molecular formula is C9H7O5P. The van der Waals surface area contributed by atoms with E-state index < -0.39 is 19.9 Å². The van der Waals surface area contributed by atoms with E-state index in [1.165, 1.54) is 0 Å². The lowest BCUT2D eigenvalue weighted by Crippen LogP contribution is -2.52. The molecule has 15 heavy (non-hydrogen) atoms.